The zero-order valence-corrected chi connectivity index (χ0v) is 27.2. The second kappa shape index (κ2) is 8.92. The maximum absolute atomic E-state index is 13.2. The van der Waals surface area contributed by atoms with Crippen LogP contribution in [-0.2, 0) is 23.2 Å². The zero-order valence-electron chi connectivity index (χ0n) is 25.2. The van der Waals surface area contributed by atoms with Gasteiger partial charge in [-0.25, -0.2) is 0 Å². The maximum Gasteiger partial charge on any atom is 0.303 e. The zero-order chi connectivity index (χ0) is 27.8. The van der Waals surface area contributed by atoms with E-state index in [1.807, 2.05) is 0 Å². The Bertz CT molecular complexity index is 1040. The predicted octanol–water partition coefficient (Wildman–Crippen LogP) is 7.41. The van der Waals surface area contributed by atoms with E-state index in [4.69, 9.17) is 13.6 Å². The van der Waals surface area contributed by atoms with Gasteiger partial charge in [0.1, 0.15) is 0 Å². The van der Waals surface area contributed by atoms with Crippen molar-refractivity contribution in [3.63, 3.8) is 0 Å². The molecule has 1 unspecified atom stereocenters. The minimum Gasteiger partial charge on any atom is -0.545 e. The summed E-state index contributed by atoms with van der Waals surface area (Å²) in [7, 11) is -3.63. The molecule has 0 saturated heterocycles. The second-order valence-corrected chi connectivity index (χ2v) is 23.9. The molecule has 0 radical (unpaired) electrons. The van der Waals surface area contributed by atoms with Gasteiger partial charge in [-0.2, -0.15) is 0 Å². The third-order valence-electron chi connectivity index (χ3n) is 10.0. The van der Waals surface area contributed by atoms with Crippen molar-refractivity contribution >= 4 is 28.4 Å². The van der Waals surface area contributed by atoms with E-state index in [1.165, 1.54) is 12.5 Å². The number of hydrogen-bond acceptors (Lipinski definition) is 5. The van der Waals surface area contributed by atoms with Gasteiger partial charge in [0.25, 0.3) is 0 Å². The van der Waals surface area contributed by atoms with E-state index in [9.17, 15) is 9.59 Å². The first kappa shape index (κ1) is 28.8. The molecule has 0 N–H and O–H groups in total. The summed E-state index contributed by atoms with van der Waals surface area (Å²) in [5.74, 6) is 1.90. The first-order chi connectivity index (χ1) is 16.8. The van der Waals surface area contributed by atoms with Crippen molar-refractivity contribution in [3.05, 3.63) is 23.5 Å². The molecule has 0 aromatic heterocycles. The Morgan fingerprint density at radius 1 is 0.919 bits per heavy atom. The summed E-state index contributed by atoms with van der Waals surface area (Å²) in [5, 5.41) is 0. The Morgan fingerprint density at radius 2 is 1.54 bits per heavy atom. The summed E-state index contributed by atoms with van der Waals surface area (Å²) in [5.41, 5.74) is -0.358. The third-order valence-corrected chi connectivity index (χ3v) is 12.0. The molecular formula is C30H50O5Si2. The molecule has 0 spiro atoms. The van der Waals surface area contributed by atoms with Crippen LogP contribution in [0.3, 0.4) is 0 Å². The lowest BCUT2D eigenvalue weighted by atomic mass is 9.44. The van der Waals surface area contributed by atoms with Crippen LogP contribution in [0.1, 0.15) is 73.1 Å². The Balaban J connectivity index is 1.79. The topological polar surface area (TPSA) is 61.8 Å². The highest BCUT2D eigenvalue weighted by molar-refractivity contribution is 6.70. The number of fused-ring (bicyclic) bond motifs is 5. The van der Waals surface area contributed by atoms with Crippen molar-refractivity contribution in [2.24, 2.45) is 28.6 Å². The van der Waals surface area contributed by atoms with E-state index >= 15 is 0 Å². The van der Waals surface area contributed by atoms with Crippen molar-refractivity contribution in [1.29, 1.82) is 0 Å². The second-order valence-electron chi connectivity index (χ2n) is 15.0. The van der Waals surface area contributed by atoms with Gasteiger partial charge in [-0.05, 0) is 133 Å². The van der Waals surface area contributed by atoms with Crippen molar-refractivity contribution in [2.45, 2.75) is 124 Å². The van der Waals surface area contributed by atoms with Gasteiger partial charge in [0.15, 0.2) is 19.7 Å². The van der Waals surface area contributed by atoms with Crippen molar-refractivity contribution < 1.29 is 23.2 Å². The lowest BCUT2D eigenvalue weighted by molar-refractivity contribution is -0.189. The van der Waals surface area contributed by atoms with Crippen LogP contribution in [0.15, 0.2) is 23.5 Å². The van der Waals surface area contributed by atoms with E-state index in [0.717, 1.165) is 37.9 Å². The van der Waals surface area contributed by atoms with Gasteiger partial charge in [0.05, 0.1) is 11.4 Å². The molecule has 3 saturated carbocycles. The predicted molar refractivity (Wildman–Crippen MR) is 153 cm³/mol. The van der Waals surface area contributed by atoms with Gasteiger partial charge >= 0.3 is 5.97 Å². The molecule has 4 rings (SSSR count). The molecule has 208 valence electrons. The van der Waals surface area contributed by atoms with E-state index in [1.54, 1.807) is 6.92 Å². The number of ether oxygens (including phenoxy) is 1. The van der Waals surface area contributed by atoms with Crippen molar-refractivity contribution in [1.82, 2.24) is 0 Å². The minimum atomic E-state index is -1.89. The fourth-order valence-electron chi connectivity index (χ4n) is 9.08. The SMILES string of the molecule is CC(=O)O[C@]1(C(C)=O)CC[C@H]2[C@@H]3CC(C)(O[Si](C)(C)C)C4=CC(O[Si](C)(C)C)=CC[C@]4(C)[C@H]3CC[C@@]21C. The number of rotatable bonds is 6. The average molecular weight is 547 g/mol. The normalized spacial score (nSPS) is 41.5. The maximum atomic E-state index is 13.2. The molecule has 0 aromatic rings. The summed E-state index contributed by atoms with van der Waals surface area (Å²) in [6, 6.07) is 0. The average Bonchev–Trinajstić information content (AvgIpc) is 3.00. The number of allylic oxidation sites excluding steroid dienone is 2. The van der Waals surface area contributed by atoms with Crippen LogP contribution < -0.4 is 0 Å². The number of ketones is 1. The van der Waals surface area contributed by atoms with Crippen molar-refractivity contribution in [2.75, 3.05) is 0 Å². The van der Waals surface area contributed by atoms with Crippen LogP contribution in [-0.4, -0.2) is 39.6 Å². The van der Waals surface area contributed by atoms with Gasteiger partial charge in [0, 0.05) is 12.3 Å². The molecule has 3 fully saturated rings. The van der Waals surface area contributed by atoms with Gasteiger partial charge in [-0.15, -0.1) is 0 Å². The number of Topliss-reactive ketones (excluding diaryl/α,β-unsaturated/α-hetero) is 1. The quantitative estimate of drug-likeness (QED) is 0.256. The van der Waals surface area contributed by atoms with Crippen LogP contribution in [0.25, 0.3) is 0 Å². The van der Waals surface area contributed by atoms with Gasteiger partial charge in [-0.3, -0.25) is 9.59 Å². The van der Waals surface area contributed by atoms with Gasteiger partial charge in [0.2, 0.25) is 8.32 Å². The highest BCUT2D eigenvalue weighted by atomic mass is 28.4. The monoisotopic (exact) mass is 546 g/mol. The summed E-state index contributed by atoms with van der Waals surface area (Å²) >= 11 is 0. The first-order valence-electron chi connectivity index (χ1n) is 14.3. The molecule has 4 aliphatic carbocycles. The Morgan fingerprint density at radius 3 is 2.08 bits per heavy atom. The van der Waals surface area contributed by atoms with Crippen LogP contribution in [0.4, 0.5) is 0 Å². The largest absolute Gasteiger partial charge is 0.545 e. The van der Waals surface area contributed by atoms with Gasteiger partial charge < -0.3 is 13.6 Å². The van der Waals surface area contributed by atoms with Crippen LogP contribution >= 0.6 is 0 Å². The molecule has 0 amide bonds. The van der Waals surface area contributed by atoms with E-state index in [2.05, 4.69) is 72.2 Å². The number of carbonyl (C=O) groups is 2. The Hall–Kier alpha value is -1.19. The molecule has 7 heteroatoms. The molecule has 5 nitrogen and oxygen atoms in total. The standard InChI is InChI=1S/C30H50O5Si2/c1-20(31)30(33-21(2)32)17-14-25-23-19-29(5,35-37(9,10)11)26-18-22(34-36(6,7)8)12-15-27(26,3)24(23)13-16-28(25,30)4/h12,18,23-25H,13-17,19H2,1-11H3/t23-,24+,25+,27-,28+,29?,30+/m1/s1. The summed E-state index contributed by atoms with van der Waals surface area (Å²) in [6.07, 6.45) is 10.0. The fourth-order valence-corrected chi connectivity index (χ4v) is 11.5. The smallest absolute Gasteiger partial charge is 0.303 e. The van der Waals surface area contributed by atoms with E-state index < -0.39 is 22.2 Å². The first-order valence-corrected chi connectivity index (χ1v) is 21.1. The molecule has 0 heterocycles. The summed E-state index contributed by atoms with van der Waals surface area (Å²) < 4.78 is 19.6. The number of esters is 1. The summed E-state index contributed by atoms with van der Waals surface area (Å²) in [6.45, 7) is 23.6. The third kappa shape index (κ3) is 4.75. The van der Waals surface area contributed by atoms with Gasteiger partial charge in [-0.1, -0.05) is 13.8 Å². The molecule has 0 aliphatic heterocycles. The minimum absolute atomic E-state index is 0.00334. The van der Waals surface area contributed by atoms with E-state index in [-0.39, 0.29) is 28.2 Å². The lowest BCUT2D eigenvalue weighted by Gasteiger charge is -2.63. The number of hydrogen-bond donors (Lipinski definition) is 0. The molecule has 7 atom stereocenters. The lowest BCUT2D eigenvalue weighted by Crippen LogP contribution is -2.62. The molecule has 4 aliphatic rings. The highest BCUT2D eigenvalue weighted by Gasteiger charge is 2.69. The molecule has 0 aromatic carbocycles. The number of carbonyl (C=O) groups excluding carboxylic acids is 2. The van der Waals surface area contributed by atoms with Crippen molar-refractivity contribution in [3.8, 4) is 0 Å². The fraction of sp³-hybridized carbons (Fsp3) is 0.800. The van der Waals surface area contributed by atoms with Crippen LogP contribution in [0, 0.1) is 28.6 Å². The van der Waals surface area contributed by atoms with Crippen LogP contribution in [0.2, 0.25) is 39.3 Å². The molecule has 37 heavy (non-hydrogen) atoms. The molecule has 0 bridgehead atoms. The Labute approximate surface area is 227 Å². The van der Waals surface area contributed by atoms with Crippen LogP contribution in [0.5, 0.6) is 0 Å². The summed E-state index contributed by atoms with van der Waals surface area (Å²) in [4.78, 5) is 25.4. The Kier molecular flexibility index (Phi) is 6.94. The van der Waals surface area contributed by atoms with E-state index in [0.29, 0.717) is 24.2 Å². The molecular weight excluding hydrogens is 496 g/mol. The highest BCUT2D eigenvalue weighted by Crippen LogP contribution is 2.70.